The highest BCUT2D eigenvalue weighted by Crippen LogP contribution is 2.25. The van der Waals surface area contributed by atoms with E-state index < -0.39 is 10.0 Å². The van der Waals surface area contributed by atoms with Crippen LogP contribution in [0, 0.1) is 6.92 Å². The maximum atomic E-state index is 13.3. The number of benzene rings is 3. The van der Waals surface area contributed by atoms with Gasteiger partial charge in [-0.3, -0.25) is 9.78 Å². The summed E-state index contributed by atoms with van der Waals surface area (Å²) in [5.74, 6) is 0.577. The molecule has 5 rings (SSSR count). The van der Waals surface area contributed by atoms with E-state index in [0.717, 1.165) is 21.7 Å². The number of carbonyl (C=O) groups is 1. The smallest absolute Gasteiger partial charge is 0.255 e. The number of piperazine rings is 1. The van der Waals surface area contributed by atoms with Gasteiger partial charge in [0.15, 0.2) is 0 Å². The van der Waals surface area contributed by atoms with Gasteiger partial charge < -0.3 is 9.64 Å². The van der Waals surface area contributed by atoms with Gasteiger partial charge in [-0.15, -0.1) is 0 Å². The van der Waals surface area contributed by atoms with E-state index in [4.69, 9.17) is 4.74 Å². The topological polar surface area (TPSA) is 79.8 Å². The Kier molecular flexibility index (Phi) is 5.71. The molecule has 1 fully saturated rings. The number of amides is 1. The zero-order chi connectivity index (χ0) is 23.9. The Bertz CT molecular complexity index is 1510. The van der Waals surface area contributed by atoms with Crippen molar-refractivity contribution in [2.24, 2.45) is 0 Å². The van der Waals surface area contributed by atoms with E-state index in [1.165, 1.54) is 4.31 Å². The quantitative estimate of drug-likeness (QED) is 0.448. The number of rotatable bonds is 4. The Morgan fingerprint density at radius 1 is 0.882 bits per heavy atom. The third-order valence-corrected chi connectivity index (χ3v) is 8.22. The first-order chi connectivity index (χ1) is 16.4. The number of hydrogen-bond acceptors (Lipinski definition) is 5. The Balaban J connectivity index is 1.33. The summed E-state index contributed by atoms with van der Waals surface area (Å²) in [6.45, 7) is 2.96. The minimum atomic E-state index is -3.64. The SMILES string of the molecule is COc1ccc2cc(C(=O)N3CCN(S(=O)(=O)c4ccc5ccccc5c4)CC3)c(C)nc2c1. The normalized spacial score (nSPS) is 15.1. The van der Waals surface area contributed by atoms with Gasteiger partial charge in [-0.1, -0.05) is 30.3 Å². The van der Waals surface area contributed by atoms with Crippen molar-refractivity contribution in [3.05, 3.63) is 78.0 Å². The highest BCUT2D eigenvalue weighted by Gasteiger charge is 2.31. The van der Waals surface area contributed by atoms with Gasteiger partial charge in [0, 0.05) is 37.6 Å². The molecule has 0 N–H and O–H groups in total. The molecule has 0 radical (unpaired) electrons. The Labute approximate surface area is 198 Å². The van der Waals surface area contributed by atoms with Crippen LogP contribution < -0.4 is 4.74 Å². The number of methoxy groups -OCH3 is 1. The number of sulfonamides is 1. The van der Waals surface area contributed by atoms with E-state index in [1.807, 2.05) is 61.5 Å². The molecule has 0 unspecified atom stereocenters. The second-order valence-electron chi connectivity index (χ2n) is 8.39. The maximum Gasteiger partial charge on any atom is 0.255 e. The molecule has 0 saturated carbocycles. The molecule has 7 nitrogen and oxygen atoms in total. The average molecular weight is 476 g/mol. The largest absolute Gasteiger partial charge is 0.497 e. The summed E-state index contributed by atoms with van der Waals surface area (Å²) < 4.78 is 33.2. The van der Waals surface area contributed by atoms with Gasteiger partial charge in [0.1, 0.15) is 5.75 Å². The number of carbonyl (C=O) groups excluding carboxylic acids is 1. The van der Waals surface area contributed by atoms with Crippen molar-refractivity contribution in [2.75, 3.05) is 33.3 Å². The van der Waals surface area contributed by atoms with Crippen LogP contribution in [0.1, 0.15) is 16.1 Å². The Morgan fingerprint density at radius 2 is 1.59 bits per heavy atom. The maximum absolute atomic E-state index is 13.3. The van der Waals surface area contributed by atoms with Crippen molar-refractivity contribution >= 4 is 37.6 Å². The monoisotopic (exact) mass is 475 g/mol. The third kappa shape index (κ3) is 3.99. The number of pyridine rings is 1. The number of fused-ring (bicyclic) bond motifs is 2. The number of nitrogens with zero attached hydrogens (tertiary/aromatic N) is 3. The van der Waals surface area contributed by atoms with Gasteiger partial charge in [0.2, 0.25) is 10.0 Å². The molecule has 34 heavy (non-hydrogen) atoms. The van der Waals surface area contributed by atoms with E-state index in [1.54, 1.807) is 24.1 Å². The fourth-order valence-electron chi connectivity index (χ4n) is 4.37. The van der Waals surface area contributed by atoms with E-state index in [-0.39, 0.29) is 23.9 Å². The van der Waals surface area contributed by atoms with Crippen molar-refractivity contribution in [3.8, 4) is 5.75 Å². The molecule has 0 bridgehead atoms. The molecule has 4 aromatic rings. The molecule has 3 aromatic carbocycles. The van der Waals surface area contributed by atoms with Crippen molar-refractivity contribution in [1.82, 2.24) is 14.2 Å². The first kappa shape index (κ1) is 22.3. The van der Waals surface area contributed by atoms with Crippen molar-refractivity contribution in [2.45, 2.75) is 11.8 Å². The minimum absolute atomic E-state index is 0.134. The van der Waals surface area contributed by atoms with Crippen molar-refractivity contribution in [1.29, 1.82) is 0 Å². The summed E-state index contributed by atoms with van der Waals surface area (Å²) >= 11 is 0. The highest BCUT2D eigenvalue weighted by atomic mass is 32.2. The molecule has 1 aromatic heterocycles. The molecule has 1 aliphatic rings. The van der Waals surface area contributed by atoms with E-state index in [9.17, 15) is 13.2 Å². The summed E-state index contributed by atoms with van der Waals surface area (Å²) in [5.41, 5.74) is 1.93. The molecule has 8 heteroatoms. The first-order valence-electron chi connectivity index (χ1n) is 11.1. The molecule has 0 spiro atoms. The van der Waals surface area contributed by atoms with Crippen LogP contribution in [0.25, 0.3) is 21.7 Å². The molecule has 174 valence electrons. The summed E-state index contributed by atoms with van der Waals surface area (Å²) in [4.78, 5) is 19.8. The van der Waals surface area contributed by atoms with E-state index in [0.29, 0.717) is 30.1 Å². The van der Waals surface area contributed by atoms with Crippen LogP contribution in [-0.2, 0) is 10.0 Å². The molecule has 1 aliphatic heterocycles. The van der Waals surface area contributed by atoms with Gasteiger partial charge in [0.05, 0.1) is 28.8 Å². The highest BCUT2D eigenvalue weighted by molar-refractivity contribution is 7.89. The van der Waals surface area contributed by atoms with Crippen LogP contribution in [0.3, 0.4) is 0 Å². The second-order valence-corrected chi connectivity index (χ2v) is 10.3. The lowest BCUT2D eigenvalue weighted by Gasteiger charge is -2.34. The lowest BCUT2D eigenvalue weighted by Crippen LogP contribution is -2.50. The molecule has 0 atom stereocenters. The zero-order valence-corrected chi connectivity index (χ0v) is 19.9. The Hall–Kier alpha value is -3.49. The molecular formula is C26H25N3O4S. The van der Waals surface area contributed by atoms with E-state index in [2.05, 4.69) is 4.98 Å². The van der Waals surface area contributed by atoms with Gasteiger partial charge in [-0.2, -0.15) is 4.31 Å². The predicted octanol–water partition coefficient (Wildman–Crippen LogP) is 3.85. The van der Waals surface area contributed by atoms with Gasteiger partial charge in [0.25, 0.3) is 5.91 Å². The van der Waals surface area contributed by atoms with Crippen molar-refractivity contribution < 1.29 is 17.9 Å². The lowest BCUT2D eigenvalue weighted by molar-refractivity contribution is 0.0697. The number of aromatic nitrogens is 1. The Morgan fingerprint density at radius 3 is 2.32 bits per heavy atom. The molecule has 2 heterocycles. The molecule has 1 saturated heterocycles. The summed E-state index contributed by atoms with van der Waals surface area (Å²) in [6.07, 6.45) is 0. The van der Waals surface area contributed by atoms with Crippen LogP contribution in [-0.4, -0.2) is 61.8 Å². The fraction of sp³-hybridized carbons (Fsp3) is 0.231. The summed E-state index contributed by atoms with van der Waals surface area (Å²) in [5, 5.41) is 2.73. The van der Waals surface area contributed by atoms with Crippen LogP contribution >= 0.6 is 0 Å². The molecular weight excluding hydrogens is 450 g/mol. The van der Waals surface area contributed by atoms with Gasteiger partial charge >= 0.3 is 0 Å². The molecule has 0 aliphatic carbocycles. The summed E-state index contributed by atoms with van der Waals surface area (Å²) in [7, 11) is -2.04. The zero-order valence-electron chi connectivity index (χ0n) is 19.1. The molecule has 1 amide bonds. The standard InChI is InChI=1S/C26H25N3O4S/c1-18-24(16-21-7-9-22(33-2)17-25(21)27-18)26(30)28-11-13-29(14-12-28)34(31,32)23-10-8-19-5-3-4-6-20(19)15-23/h3-10,15-17H,11-14H2,1-2H3. The van der Waals surface area contributed by atoms with Crippen LogP contribution in [0.4, 0.5) is 0 Å². The lowest BCUT2D eigenvalue weighted by atomic mass is 10.1. The third-order valence-electron chi connectivity index (χ3n) is 6.33. The summed E-state index contributed by atoms with van der Waals surface area (Å²) in [6, 6.07) is 20.3. The van der Waals surface area contributed by atoms with Crippen molar-refractivity contribution in [3.63, 3.8) is 0 Å². The van der Waals surface area contributed by atoms with Gasteiger partial charge in [-0.25, -0.2) is 8.42 Å². The predicted molar refractivity (Wildman–Crippen MR) is 132 cm³/mol. The van der Waals surface area contributed by atoms with Gasteiger partial charge in [-0.05, 0) is 48.0 Å². The van der Waals surface area contributed by atoms with Crippen LogP contribution in [0.15, 0.2) is 71.6 Å². The fourth-order valence-corrected chi connectivity index (χ4v) is 5.82. The van der Waals surface area contributed by atoms with Crippen LogP contribution in [0.5, 0.6) is 5.75 Å². The number of hydrogen-bond donors (Lipinski definition) is 0. The minimum Gasteiger partial charge on any atom is -0.497 e. The van der Waals surface area contributed by atoms with Crippen LogP contribution in [0.2, 0.25) is 0 Å². The first-order valence-corrected chi connectivity index (χ1v) is 12.5. The van der Waals surface area contributed by atoms with E-state index >= 15 is 0 Å². The second kappa shape index (κ2) is 8.70. The number of aryl methyl sites for hydroxylation is 1. The number of ether oxygens (including phenoxy) is 1. The average Bonchev–Trinajstić information content (AvgIpc) is 2.87.